The molecule has 7 nitrogen and oxygen atoms in total. The second kappa shape index (κ2) is 7.73. The zero-order valence-electron chi connectivity index (χ0n) is 15.5. The van der Waals surface area contributed by atoms with Crippen molar-refractivity contribution in [1.29, 1.82) is 0 Å². The molecular formula is C19H22N4O3S2. The highest BCUT2D eigenvalue weighted by Crippen LogP contribution is 2.36. The fraction of sp³-hybridized carbons (Fsp3) is 0.368. The predicted octanol–water partition coefficient (Wildman–Crippen LogP) is 2.42. The monoisotopic (exact) mass is 418 g/mol. The van der Waals surface area contributed by atoms with Crippen LogP contribution < -0.4 is 10.2 Å². The van der Waals surface area contributed by atoms with Gasteiger partial charge in [-0.05, 0) is 30.3 Å². The molecule has 9 heteroatoms. The Kier molecular flexibility index (Phi) is 5.31. The Balaban J connectivity index is 1.52. The summed E-state index contributed by atoms with van der Waals surface area (Å²) in [5, 5.41) is 2.99. The van der Waals surface area contributed by atoms with E-state index in [2.05, 4.69) is 15.2 Å². The van der Waals surface area contributed by atoms with Gasteiger partial charge in [0.2, 0.25) is 15.9 Å². The summed E-state index contributed by atoms with van der Waals surface area (Å²) in [5.74, 6) is 0.774. The molecule has 0 bridgehead atoms. The lowest BCUT2D eigenvalue weighted by Gasteiger charge is -2.34. The topological polar surface area (TPSA) is 82.6 Å². The van der Waals surface area contributed by atoms with Gasteiger partial charge in [-0.3, -0.25) is 4.79 Å². The summed E-state index contributed by atoms with van der Waals surface area (Å²) in [4.78, 5) is 19.5. The van der Waals surface area contributed by atoms with Gasteiger partial charge in [0.25, 0.3) is 0 Å². The quantitative estimate of drug-likeness (QED) is 0.824. The van der Waals surface area contributed by atoms with Crippen LogP contribution in [0.15, 0.2) is 52.4 Å². The summed E-state index contributed by atoms with van der Waals surface area (Å²) in [5.41, 5.74) is 0.576. The van der Waals surface area contributed by atoms with E-state index in [0.717, 1.165) is 10.7 Å². The minimum atomic E-state index is -3.62. The number of benzene rings is 1. The van der Waals surface area contributed by atoms with Crippen molar-refractivity contribution in [2.24, 2.45) is 0 Å². The van der Waals surface area contributed by atoms with Gasteiger partial charge in [0.1, 0.15) is 5.82 Å². The van der Waals surface area contributed by atoms with Crippen molar-refractivity contribution < 1.29 is 13.2 Å². The Bertz CT molecular complexity index is 974. The number of rotatable bonds is 3. The SMILES string of the molecule is C[C@@H]1CC(=O)Nc2cc(S(=O)(=O)N3CCN(c4ccccn4)CC3)ccc2S1. The van der Waals surface area contributed by atoms with Crippen LogP contribution in [0.4, 0.5) is 11.5 Å². The third kappa shape index (κ3) is 3.87. The summed E-state index contributed by atoms with van der Waals surface area (Å²) >= 11 is 1.58. The molecule has 1 aromatic heterocycles. The average molecular weight is 419 g/mol. The first-order chi connectivity index (χ1) is 13.4. The van der Waals surface area contributed by atoms with E-state index >= 15 is 0 Å². The average Bonchev–Trinajstić information content (AvgIpc) is 2.84. The highest BCUT2D eigenvalue weighted by atomic mass is 32.2. The largest absolute Gasteiger partial charge is 0.354 e. The highest BCUT2D eigenvalue weighted by molar-refractivity contribution is 8.00. The second-order valence-electron chi connectivity index (χ2n) is 6.92. The molecule has 1 saturated heterocycles. The van der Waals surface area contributed by atoms with E-state index in [4.69, 9.17) is 0 Å². The third-order valence-corrected chi connectivity index (χ3v) is 7.95. The molecule has 4 rings (SSSR count). The maximum Gasteiger partial charge on any atom is 0.243 e. The summed E-state index contributed by atoms with van der Waals surface area (Å²) in [6.45, 7) is 3.96. The first kappa shape index (κ1) is 19.2. The smallest absolute Gasteiger partial charge is 0.243 e. The summed E-state index contributed by atoms with van der Waals surface area (Å²) in [6.07, 6.45) is 2.15. The molecule has 0 unspecified atom stereocenters. The zero-order valence-corrected chi connectivity index (χ0v) is 17.2. The number of nitrogens with one attached hydrogen (secondary N) is 1. The Morgan fingerprint density at radius 2 is 1.93 bits per heavy atom. The van der Waals surface area contributed by atoms with Gasteiger partial charge < -0.3 is 10.2 Å². The number of carbonyl (C=O) groups excluding carboxylic acids is 1. The van der Waals surface area contributed by atoms with Crippen LogP contribution in [0.3, 0.4) is 0 Å². The molecule has 1 N–H and O–H groups in total. The summed E-state index contributed by atoms with van der Waals surface area (Å²) < 4.78 is 27.7. The van der Waals surface area contributed by atoms with Crippen LogP contribution in [0, 0.1) is 0 Å². The number of sulfonamides is 1. The molecule has 2 aromatic rings. The van der Waals surface area contributed by atoms with Gasteiger partial charge in [-0.25, -0.2) is 13.4 Å². The lowest BCUT2D eigenvalue weighted by atomic mass is 10.3. The number of carbonyl (C=O) groups is 1. The molecule has 1 aromatic carbocycles. The van der Waals surface area contributed by atoms with Crippen molar-refractivity contribution in [3.05, 3.63) is 42.6 Å². The molecular weight excluding hydrogens is 396 g/mol. The zero-order chi connectivity index (χ0) is 19.7. The van der Waals surface area contributed by atoms with Crippen LogP contribution in [0.2, 0.25) is 0 Å². The molecule has 0 aliphatic carbocycles. The normalized spacial score (nSPS) is 21.0. The first-order valence-corrected chi connectivity index (χ1v) is 11.5. The van der Waals surface area contributed by atoms with Gasteiger partial charge in [-0.15, -0.1) is 11.8 Å². The van der Waals surface area contributed by atoms with Crippen molar-refractivity contribution in [3.8, 4) is 0 Å². The van der Waals surface area contributed by atoms with Crippen LogP contribution >= 0.6 is 11.8 Å². The van der Waals surface area contributed by atoms with E-state index in [9.17, 15) is 13.2 Å². The van der Waals surface area contributed by atoms with Crippen LogP contribution in [0.1, 0.15) is 13.3 Å². The number of hydrogen-bond donors (Lipinski definition) is 1. The maximum atomic E-state index is 13.1. The fourth-order valence-electron chi connectivity index (χ4n) is 3.44. The summed E-state index contributed by atoms with van der Waals surface area (Å²) in [6, 6.07) is 10.7. The van der Waals surface area contributed by atoms with Gasteiger partial charge >= 0.3 is 0 Å². The van der Waals surface area contributed by atoms with E-state index in [1.807, 2.05) is 25.1 Å². The number of fused-ring (bicyclic) bond motifs is 1. The van der Waals surface area contributed by atoms with Crippen LogP contribution in [-0.2, 0) is 14.8 Å². The molecule has 1 atom stereocenters. The molecule has 0 saturated carbocycles. The van der Waals surface area contributed by atoms with E-state index in [1.54, 1.807) is 36.2 Å². The van der Waals surface area contributed by atoms with E-state index in [-0.39, 0.29) is 16.1 Å². The summed E-state index contributed by atoms with van der Waals surface area (Å²) in [7, 11) is -3.62. The Hall–Kier alpha value is -2.10. The number of aromatic nitrogens is 1. The van der Waals surface area contributed by atoms with Crippen molar-refractivity contribution in [2.45, 2.75) is 28.4 Å². The Morgan fingerprint density at radius 3 is 2.64 bits per heavy atom. The fourth-order valence-corrected chi connectivity index (χ4v) is 5.94. The lowest BCUT2D eigenvalue weighted by molar-refractivity contribution is -0.116. The van der Waals surface area contributed by atoms with Crippen LogP contribution in [0.5, 0.6) is 0 Å². The molecule has 1 amide bonds. The van der Waals surface area contributed by atoms with Crippen molar-refractivity contribution in [1.82, 2.24) is 9.29 Å². The van der Waals surface area contributed by atoms with Crippen molar-refractivity contribution in [3.63, 3.8) is 0 Å². The number of thioether (sulfide) groups is 1. The molecule has 28 heavy (non-hydrogen) atoms. The van der Waals surface area contributed by atoms with Crippen LogP contribution in [-0.4, -0.2) is 55.0 Å². The molecule has 148 valence electrons. The standard InChI is InChI=1S/C19H22N4O3S2/c1-14-12-19(24)21-16-13-15(5-6-17(16)27-14)28(25,26)23-10-8-22(9-11-23)18-4-2-3-7-20-18/h2-7,13-14H,8-12H2,1H3,(H,21,24)/t14-/m1/s1. The molecule has 2 aliphatic heterocycles. The van der Waals surface area contributed by atoms with Gasteiger partial charge in [-0.1, -0.05) is 13.0 Å². The Labute approximate surface area is 169 Å². The second-order valence-corrected chi connectivity index (χ2v) is 10.3. The van der Waals surface area contributed by atoms with E-state index < -0.39 is 10.0 Å². The Morgan fingerprint density at radius 1 is 1.14 bits per heavy atom. The molecule has 0 spiro atoms. The van der Waals surface area contributed by atoms with Gasteiger partial charge in [0, 0.05) is 48.9 Å². The van der Waals surface area contributed by atoms with E-state index in [1.165, 1.54) is 4.31 Å². The molecule has 1 fully saturated rings. The number of hydrogen-bond acceptors (Lipinski definition) is 6. The van der Waals surface area contributed by atoms with Gasteiger partial charge in [0.05, 0.1) is 10.6 Å². The van der Waals surface area contributed by atoms with Gasteiger partial charge in [0.15, 0.2) is 0 Å². The van der Waals surface area contributed by atoms with Crippen molar-refractivity contribution >= 4 is 39.2 Å². The van der Waals surface area contributed by atoms with E-state index in [0.29, 0.717) is 38.3 Å². The first-order valence-electron chi connectivity index (χ1n) is 9.20. The number of nitrogens with zero attached hydrogens (tertiary/aromatic N) is 3. The maximum absolute atomic E-state index is 13.1. The predicted molar refractivity (Wildman–Crippen MR) is 110 cm³/mol. The highest BCUT2D eigenvalue weighted by Gasteiger charge is 2.30. The van der Waals surface area contributed by atoms with Gasteiger partial charge in [-0.2, -0.15) is 4.31 Å². The lowest BCUT2D eigenvalue weighted by Crippen LogP contribution is -2.48. The number of anilines is 2. The minimum Gasteiger partial charge on any atom is -0.354 e. The molecule has 0 radical (unpaired) electrons. The van der Waals surface area contributed by atoms with Crippen LogP contribution in [0.25, 0.3) is 0 Å². The number of amides is 1. The third-order valence-electron chi connectivity index (χ3n) is 4.88. The number of pyridine rings is 1. The number of piperazine rings is 1. The van der Waals surface area contributed by atoms with Crippen molar-refractivity contribution in [2.75, 3.05) is 36.4 Å². The minimum absolute atomic E-state index is 0.0859. The molecule has 2 aliphatic rings. The molecule has 3 heterocycles.